The molecule has 0 aliphatic heterocycles. The fraction of sp³-hybridized carbons (Fsp3) is 0.300. The molecule has 1 N–H and O–H groups in total. The molecule has 0 aromatic heterocycles. The van der Waals surface area contributed by atoms with Crippen LogP contribution in [0.5, 0.6) is 0 Å². The molecule has 0 aliphatic rings. The maximum atomic E-state index is 11.8. The number of amides is 1. The predicted octanol–water partition coefficient (Wildman–Crippen LogP) is 3.87. The van der Waals surface area contributed by atoms with Crippen LogP contribution in [0.15, 0.2) is 22.7 Å². The fourth-order valence-corrected chi connectivity index (χ4v) is 1.72. The van der Waals surface area contributed by atoms with Crippen LogP contribution in [0, 0.1) is 6.92 Å². The highest BCUT2D eigenvalue weighted by atomic mass is 79.9. The molecule has 0 heterocycles. The lowest BCUT2D eigenvalue weighted by molar-refractivity contribution is -0.159. The van der Waals surface area contributed by atoms with Crippen LogP contribution in [0.4, 0.5) is 23.7 Å². The van der Waals surface area contributed by atoms with Gasteiger partial charge in [-0.1, -0.05) is 15.9 Å². The van der Waals surface area contributed by atoms with Crippen molar-refractivity contribution in [2.45, 2.75) is 13.1 Å². The first-order valence-electron chi connectivity index (χ1n) is 4.54. The van der Waals surface area contributed by atoms with Crippen molar-refractivity contribution in [2.75, 3.05) is 11.9 Å². The molecule has 1 aromatic rings. The van der Waals surface area contributed by atoms with Crippen LogP contribution in [0.25, 0.3) is 0 Å². The summed E-state index contributed by atoms with van der Waals surface area (Å²) in [5.74, 6) is 0. The molecule has 0 unspecified atom stereocenters. The lowest BCUT2D eigenvalue weighted by Gasteiger charge is -2.09. The van der Waals surface area contributed by atoms with Crippen molar-refractivity contribution in [3.8, 4) is 0 Å². The Labute approximate surface area is 104 Å². The van der Waals surface area contributed by atoms with Gasteiger partial charge in [0.15, 0.2) is 6.61 Å². The molecule has 0 atom stereocenters. The van der Waals surface area contributed by atoms with Gasteiger partial charge in [-0.2, -0.15) is 13.2 Å². The number of carbonyl (C=O) groups is 1. The van der Waals surface area contributed by atoms with E-state index in [1.807, 2.05) is 0 Å². The van der Waals surface area contributed by atoms with Crippen LogP contribution in [0.2, 0.25) is 0 Å². The standard InChI is InChI=1S/C10H9BrF3NO2/c1-6-2-7(11)4-8(3-6)15-9(16)17-5-10(12,13)14/h2-4H,5H2,1H3,(H,15,16). The number of ether oxygens (including phenoxy) is 1. The number of anilines is 1. The summed E-state index contributed by atoms with van der Waals surface area (Å²) in [7, 11) is 0. The number of hydrogen-bond acceptors (Lipinski definition) is 2. The number of hydrogen-bond donors (Lipinski definition) is 1. The molecule has 3 nitrogen and oxygen atoms in total. The Hall–Kier alpha value is -1.24. The predicted molar refractivity (Wildman–Crippen MR) is 59.9 cm³/mol. The first-order chi connectivity index (χ1) is 7.76. The number of rotatable bonds is 2. The summed E-state index contributed by atoms with van der Waals surface area (Å²) < 4.78 is 40.0. The van der Waals surface area contributed by atoms with Crippen molar-refractivity contribution in [3.63, 3.8) is 0 Å². The third kappa shape index (κ3) is 5.58. The average Bonchev–Trinajstić information content (AvgIpc) is 2.11. The molecule has 0 saturated heterocycles. The maximum absolute atomic E-state index is 11.8. The quantitative estimate of drug-likeness (QED) is 0.900. The van der Waals surface area contributed by atoms with Crippen LogP contribution < -0.4 is 5.32 Å². The van der Waals surface area contributed by atoms with Gasteiger partial charge in [0.25, 0.3) is 0 Å². The van der Waals surface area contributed by atoms with E-state index in [0.29, 0.717) is 10.2 Å². The Balaban J connectivity index is 2.56. The monoisotopic (exact) mass is 311 g/mol. The zero-order valence-electron chi connectivity index (χ0n) is 8.77. The van der Waals surface area contributed by atoms with Crippen molar-refractivity contribution in [3.05, 3.63) is 28.2 Å². The smallest absolute Gasteiger partial charge is 0.422 e. The molecule has 0 saturated carbocycles. The van der Waals surface area contributed by atoms with E-state index in [1.165, 1.54) is 0 Å². The molecule has 0 fully saturated rings. The van der Waals surface area contributed by atoms with Gasteiger partial charge >= 0.3 is 12.3 Å². The van der Waals surface area contributed by atoms with Crippen molar-refractivity contribution >= 4 is 27.7 Å². The number of benzene rings is 1. The van der Waals surface area contributed by atoms with Gasteiger partial charge in [0, 0.05) is 10.2 Å². The highest BCUT2D eigenvalue weighted by Gasteiger charge is 2.29. The van der Waals surface area contributed by atoms with E-state index in [1.54, 1.807) is 25.1 Å². The molecule has 94 valence electrons. The van der Waals surface area contributed by atoms with Gasteiger partial charge in [0.05, 0.1) is 0 Å². The average molecular weight is 312 g/mol. The molecule has 1 amide bonds. The highest BCUT2D eigenvalue weighted by Crippen LogP contribution is 2.20. The van der Waals surface area contributed by atoms with E-state index < -0.39 is 18.9 Å². The molecule has 1 rings (SSSR count). The van der Waals surface area contributed by atoms with Crippen molar-refractivity contribution in [2.24, 2.45) is 0 Å². The number of aryl methyl sites for hydroxylation is 1. The number of nitrogens with one attached hydrogen (secondary N) is 1. The summed E-state index contributed by atoms with van der Waals surface area (Å²) in [6, 6.07) is 4.97. The van der Waals surface area contributed by atoms with E-state index in [4.69, 9.17) is 0 Å². The number of alkyl halides is 3. The zero-order valence-corrected chi connectivity index (χ0v) is 10.4. The Bertz CT molecular complexity index is 400. The summed E-state index contributed by atoms with van der Waals surface area (Å²) in [5, 5.41) is 2.20. The van der Waals surface area contributed by atoms with Gasteiger partial charge < -0.3 is 4.74 Å². The van der Waals surface area contributed by atoms with Crippen LogP contribution in [0.3, 0.4) is 0 Å². The Kier molecular flexibility index (Phi) is 4.39. The summed E-state index contributed by atoms with van der Waals surface area (Å²) in [6.45, 7) is 0.183. The molecule has 7 heteroatoms. The minimum Gasteiger partial charge on any atom is -0.440 e. The molecule has 0 radical (unpaired) electrons. The Morgan fingerprint density at radius 2 is 2.06 bits per heavy atom. The SMILES string of the molecule is Cc1cc(Br)cc(NC(=O)OCC(F)(F)F)c1. The molecule has 0 spiro atoms. The van der Waals surface area contributed by atoms with Crippen LogP contribution >= 0.6 is 15.9 Å². The largest absolute Gasteiger partial charge is 0.440 e. The van der Waals surface area contributed by atoms with E-state index in [2.05, 4.69) is 26.0 Å². The Morgan fingerprint density at radius 1 is 1.41 bits per heavy atom. The third-order valence-corrected chi connectivity index (χ3v) is 2.11. The van der Waals surface area contributed by atoms with Crippen LogP contribution in [0.1, 0.15) is 5.56 Å². The van der Waals surface area contributed by atoms with Gasteiger partial charge in [-0.3, -0.25) is 5.32 Å². The lowest BCUT2D eigenvalue weighted by Crippen LogP contribution is -2.23. The second-order valence-corrected chi connectivity index (χ2v) is 4.25. The first kappa shape index (κ1) is 13.8. The van der Waals surface area contributed by atoms with E-state index >= 15 is 0 Å². The van der Waals surface area contributed by atoms with Crippen molar-refractivity contribution < 1.29 is 22.7 Å². The van der Waals surface area contributed by atoms with Gasteiger partial charge in [-0.15, -0.1) is 0 Å². The lowest BCUT2D eigenvalue weighted by atomic mass is 10.2. The van der Waals surface area contributed by atoms with E-state index in [0.717, 1.165) is 5.56 Å². The number of halogens is 4. The van der Waals surface area contributed by atoms with E-state index in [9.17, 15) is 18.0 Å². The molecule has 0 aliphatic carbocycles. The minimum atomic E-state index is -4.52. The minimum absolute atomic E-state index is 0.365. The first-order valence-corrected chi connectivity index (χ1v) is 5.33. The third-order valence-electron chi connectivity index (χ3n) is 1.66. The summed E-state index contributed by atoms with van der Waals surface area (Å²) in [5.41, 5.74) is 1.22. The molecule has 17 heavy (non-hydrogen) atoms. The molecular weight excluding hydrogens is 303 g/mol. The van der Waals surface area contributed by atoms with Crippen LogP contribution in [-0.2, 0) is 4.74 Å². The Morgan fingerprint density at radius 3 is 2.59 bits per heavy atom. The van der Waals surface area contributed by atoms with Gasteiger partial charge in [-0.25, -0.2) is 4.79 Å². The van der Waals surface area contributed by atoms with Gasteiger partial charge in [-0.05, 0) is 30.7 Å². The second kappa shape index (κ2) is 5.39. The van der Waals surface area contributed by atoms with Crippen molar-refractivity contribution in [1.82, 2.24) is 0 Å². The summed E-state index contributed by atoms with van der Waals surface area (Å²) >= 11 is 3.20. The summed E-state index contributed by atoms with van der Waals surface area (Å²) in [4.78, 5) is 11.0. The molecule has 0 bridgehead atoms. The fourth-order valence-electron chi connectivity index (χ4n) is 1.11. The topological polar surface area (TPSA) is 38.3 Å². The molecular formula is C10H9BrF3NO2. The van der Waals surface area contributed by atoms with Crippen LogP contribution in [-0.4, -0.2) is 18.9 Å². The van der Waals surface area contributed by atoms with Gasteiger partial charge in [0.1, 0.15) is 0 Å². The zero-order chi connectivity index (χ0) is 13.1. The number of carbonyl (C=O) groups excluding carboxylic acids is 1. The van der Waals surface area contributed by atoms with E-state index in [-0.39, 0.29) is 0 Å². The maximum Gasteiger partial charge on any atom is 0.422 e. The normalized spacial score (nSPS) is 11.1. The summed E-state index contributed by atoms with van der Waals surface area (Å²) in [6.07, 6.45) is -5.66. The highest BCUT2D eigenvalue weighted by molar-refractivity contribution is 9.10. The van der Waals surface area contributed by atoms with Gasteiger partial charge in [0.2, 0.25) is 0 Å². The molecule has 1 aromatic carbocycles. The van der Waals surface area contributed by atoms with Crippen molar-refractivity contribution in [1.29, 1.82) is 0 Å². The second-order valence-electron chi connectivity index (χ2n) is 3.33.